The Kier molecular flexibility index (Phi) is 6.49. The molecule has 2 atom stereocenters. The number of nitrogens with two attached hydrogens (primary N) is 1. The molecule has 1 unspecified atom stereocenters. The molecule has 1 aromatic carbocycles. The summed E-state index contributed by atoms with van der Waals surface area (Å²) in [5.74, 6) is 0.910. The van der Waals surface area contributed by atoms with Crippen molar-refractivity contribution in [2.24, 2.45) is 11.7 Å². The van der Waals surface area contributed by atoms with Crippen molar-refractivity contribution in [2.75, 3.05) is 6.61 Å². The van der Waals surface area contributed by atoms with Crippen LogP contribution in [0.1, 0.15) is 39.3 Å². The Morgan fingerprint density at radius 1 is 1.35 bits per heavy atom. The van der Waals surface area contributed by atoms with Crippen LogP contribution in [-0.4, -0.2) is 18.6 Å². The van der Waals surface area contributed by atoms with Gasteiger partial charge in [-0.05, 0) is 31.9 Å². The van der Waals surface area contributed by atoms with Gasteiger partial charge in [0.25, 0.3) is 5.91 Å². The van der Waals surface area contributed by atoms with Crippen LogP contribution in [0.3, 0.4) is 0 Å². The maximum atomic E-state index is 11.8. The predicted octanol–water partition coefficient (Wildman–Crippen LogP) is 3.01. The molecule has 4 nitrogen and oxygen atoms in total. The molecular weight excluding hydrogens is 320 g/mol. The van der Waals surface area contributed by atoms with Gasteiger partial charge in [0, 0.05) is 22.1 Å². The fraction of sp³-hybridized carbons (Fsp3) is 0.533. The zero-order chi connectivity index (χ0) is 15.3. The van der Waals surface area contributed by atoms with Crippen LogP contribution in [-0.2, 0) is 4.79 Å². The molecule has 0 fully saturated rings. The van der Waals surface area contributed by atoms with Gasteiger partial charge in [-0.1, -0.05) is 35.8 Å². The maximum Gasteiger partial charge on any atom is 0.258 e. The zero-order valence-corrected chi connectivity index (χ0v) is 14.0. The lowest BCUT2D eigenvalue weighted by atomic mass is 10.1. The number of benzene rings is 1. The van der Waals surface area contributed by atoms with E-state index in [1.165, 1.54) is 0 Å². The van der Waals surface area contributed by atoms with E-state index < -0.39 is 0 Å². The van der Waals surface area contributed by atoms with Gasteiger partial charge in [0.1, 0.15) is 5.75 Å². The summed E-state index contributed by atoms with van der Waals surface area (Å²) in [5.41, 5.74) is 6.78. The number of nitrogens with one attached hydrogen (secondary N) is 1. The number of carbonyl (C=O) groups is 1. The molecule has 0 aliphatic heterocycles. The fourth-order valence-electron chi connectivity index (χ4n) is 1.61. The zero-order valence-electron chi connectivity index (χ0n) is 12.4. The number of halogens is 1. The third kappa shape index (κ3) is 5.13. The average Bonchev–Trinajstić information content (AvgIpc) is 2.35. The van der Waals surface area contributed by atoms with E-state index >= 15 is 0 Å². The summed E-state index contributed by atoms with van der Waals surface area (Å²) in [5, 5.41) is 2.91. The Morgan fingerprint density at radius 3 is 2.55 bits per heavy atom. The molecule has 1 aromatic rings. The van der Waals surface area contributed by atoms with Gasteiger partial charge in [0.05, 0.1) is 0 Å². The van der Waals surface area contributed by atoms with E-state index in [1.54, 1.807) is 0 Å². The van der Waals surface area contributed by atoms with E-state index in [-0.39, 0.29) is 24.6 Å². The first-order chi connectivity index (χ1) is 9.31. The second-order valence-electron chi connectivity index (χ2n) is 5.36. The van der Waals surface area contributed by atoms with Crippen LogP contribution in [0.25, 0.3) is 0 Å². The van der Waals surface area contributed by atoms with Crippen LogP contribution >= 0.6 is 15.9 Å². The summed E-state index contributed by atoms with van der Waals surface area (Å²) < 4.78 is 6.50. The minimum Gasteiger partial charge on any atom is -0.483 e. The molecule has 112 valence electrons. The number of carbonyl (C=O) groups excluding carboxylic acids is 1. The first-order valence-corrected chi connectivity index (χ1v) is 7.57. The van der Waals surface area contributed by atoms with Crippen LogP contribution in [0.15, 0.2) is 22.7 Å². The van der Waals surface area contributed by atoms with E-state index in [9.17, 15) is 4.79 Å². The normalized spacial score (nSPS) is 13.9. The summed E-state index contributed by atoms with van der Waals surface area (Å²) in [6.45, 7) is 7.99. The summed E-state index contributed by atoms with van der Waals surface area (Å²) in [6.07, 6.45) is 0. The maximum absolute atomic E-state index is 11.8. The Hall–Kier alpha value is -1.07. The molecule has 0 saturated carbocycles. The molecule has 0 aromatic heterocycles. The minimum absolute atomic E-state index is 0.00671. The fourth-order valence-corrected chi connectivity index (χ4v) is 1.96. The first kappa shape index (κ1) is 17.0. The number of rotatable bonds is 6. The number of amides is 1. The van der Waals surface area contributed by atoms with Crippen LogP contribution in [0.4, 0.5) is 0 Å². The topological polar surface area (TPSA) is 64.3 Å². The van der Waals surface area contributed by atoms with Crippen molar-refractivity contribution in [1.82, 2.24) is 5.32 Å². The highest BCUT2D eigenvalue weighted by molar-refractivity contribution is 9.10. The summed E-state index contributed by atoms with van der Waals surface area (Å²) in [6, 6.07) is 5.63. The van der Waals surface area contributed by atoms with E-state index in [1.807, 2.05) is 32.0 Å². The number of hydrogen-bond donors (Lipinski definition) is 2. The SMILES string of the molecule is CC(C)C(C)NC(=O)COc1cc(Br)ccc1[C@H](C)N. The summed E-state index contributed by atoms with van der Waals surface area (Å²) in [7, 11) is 0. The van der Waals surface area contributed by atoms with Gasteiger partial charge in [-0.2, -0.15) is 0 Å². The van der Waals surface area contributed by atoms with Crippen LogP contribution < -0.4 is 15.8 Å². The van der Waals surface area contributed by atoms with Gasteiger partial charge in [-0.15, -0.1) is 0 Å². The van der Waals surface area contributed by atoms with Crippen molar-refractivity contribution in [3.63, 3.8) is 0 Å². The molecule has 0 saturated heterocycles. The summed E-state index contributed by atoms with van der Waals surface area (Å²) in [4.78, 5) is 11.8. The molecule has 0 aliphatic carbocycles. The average molecular weight is 343 g/mol. The number of hydrogen-bond acceptors (Lipinski definition) is 3. The second-order valence-corrected chi connectivity index (χ2v) is 6.28. The van der Waals surface area contributed by atoms with E-state index in [0.29, 0.717) is 11.7 Å². The van der Waals surface area contributed by atoms with Crippen LogP contribution in [0.2, 0.25) is 0 Å². The summed E-state index contributed by atoms with van der Waals surface area (Å²) >= 11 is 3.39. The Labute approximate surface area is 129 Å². The minimum atomic E-state index is -0.143. The monoisotopic (exact) mass is 342 g/mol. The van der Waals surface area contributed by atoms with Crippen LogP contribution in [0, 0.1) is 5.92 Å². The molecule has 0 bridgehead atoms. The van der Waals surface area contributed by atoms with Crippen LogP contribution in [0.5, 0.6) is 5.75 Å². The van der Waals surface area contributed by atoms with E-state index in [2.05, 4.69) is 35.1 Å². The van der Waals surface area contributed by atoms with Crippen molar-refractivity contribution in [1.29, 1.82) is 0 Å². The van der Waals surface area contributed by atoms with Gasteiger partial charge in [-0.25, -0.2) is 0 Å². The lowest BCUT2D eigenvalue weighted by Crippen LogP contribution is -2.39. The lowest BCUT2D eigenvalue weighted by Gasteiger charge is -2.18. The molecule has 20 heavy (non-hydrogen) atoms. The molecular formula is C15H23BrN2O2. The van der Waals surface area contributed by atoms with Crippen molar-refractivity contribution >= 4 is 21.8 Å². The standard InChI is InChI=1S/C15H23BrN2O2/c1-9(2)11(4)18-15(19)8-20-14-7-12(16)5-6-13(14)10(3)17/h5-7,9-11H,8,17H2,1-4H3,(H,18,19)/t10-,11?/m0/s1. The third-order valence-corrected chi connectivity index (χ3v) is 3.71. The van der Waals surface area contributed by atoms with Gasteiger partial charge in [0.2, 0.25) is 0 Å². The smallest absolute Gasteiger partial charge is 0.258 e. The molecule has 5 heteroatoms. The molecule has 1 rings (SSSR count). The largest absolute Gasteiger partial charge is 0.483 e. The van der Waals surface area contributed by atoms with Crippen molar-refractivity contribution in [3.05, 3.63) is 28.2 Å². The Morgan fingerprint density at radius 2 is 2.00 bits per heavy atom. The molecule has 0 radical (unpaired) electrons. The van der Waals surface area contributed by atoms with Gasteiger partial charge in [0.15, 0.2) is 6.61 Å². The van der Waals surface area contributed by atoms with Crippen molar-refractivity contribution in [3.8, 4) is 5.75 Å². The van der Waals surface area contributed by atoms with E-state index in [4.69, 9.17) is 10.5 Å². The Balaban J connectivity index is 2.65. The van der Waals surface area contributed by atoms with Crippen molar-refractivity contribution < 1.29 is 9.53 Å². The highest BCUT2D eigenvalue weighted by atomic mass is 79.9. The molecule has 1 amide bonds. The van der Waals surface area contributed by atoms with Gasteiger partial charge >= 0.3 is 0 Å². The molecule has 0 heterocycles. The quantitative estimate of drug-likeness (QED) is 0.835. The predicted molar refractivity (Wildman–Crippen MR) is 84.7 cm³/mol. The molecule has 3 N–H and O–H groups in total. The molecule has 0 aliphatic rings. The Bertz CT molecular complexity index is 461. The highest BCUT2D eigenvalue weighted by Gasteiger charge is 2.13. The van der Waals surface area contributed by atoms with Crippen molar-refractivity contribution in [2.45, 2.75) is 39.8 Å². The lowest BCUT2D eigenvalue weighted by molar-refractivity contribution is -0.124. The van der Waals surface area contributed by atoms with Gasteiger partial charge < -0.3 is 15.8 Å². The third-order valence-electron chi connectivity index (χ3n) is 3.21. The van der Waals surface area contributed by atoms with E-state index in [0.717, 1.165) is 10.0 Å². The molecule has 0 spiro atoms. The first-order valence-electron chi connectivity index (χ1n) is 6.78. The highest BCUT2D eigenvalue weighted by Crippen LogP contribution is 2.27. The number of ether oxygens (including phenoxy) is 1. The second kappa shape index (κ2) is 7.64. The van der Waals surface area contributed by atoms with Gasteiger partial charge in [-0.3, -0.25) is 4.79 Å².